The van der Waals surface area contributed by atoms with E-state index in [-0.39, 0.29) is 72.6 Å². The highest BCUT2D eigenvalue weighted by atomic mass is 32.2. The molecule has 8 rings (SSSR count). The summed E-state index contributed by atoms with van der Waals surface area (Å²) in [5.41, 5.74) is -0.461. The van der Waals surface area contributed by atoms with E-state index in [4.69, 9.17) is 0 Å². The molecule has 6 heterocycles. The fraction of sp³-hybridized carbons (Fsp3) is 0.450. The Morgan fingerprint density at radius 3 is 2.23 bits per heavy atom. The lowest BCUT2D eigenvalue weighted by molar-refractivity contribution is -0.143. The molecule has 0 bridgehead atoms. The molecule has 0 saturated carbocycles. The lowest BCUT2D eigenvalue weighted by atomic mass is 9.89. The number of urea groups is 1. The number of imide groups is 1. The molecule has 0 unspecified atom stereocenters. The molecule has 3 fully saturated rings. The van der Waals surface area contributed by atoms with Crippen molar-refractivity contribution in [1.29, 1.82) is 0 Å². The van der Waals surface area contributed by atoms with Crippen molar-refractivity contribution in [2.24, 2.45) is 0 Å². The van der Waals surface area contributed by atoms with Crippen LogP contribution in [0, 0.1) is 0 Å². The van der Waals surface area contributed by atoms with Crippen LogP contribution in [0.3, 0.4) is 0 Å². The Bertz CT molecular complexity index is 2690. The first kappa shape index (κ1) is 45.7. The van der Waals surface area contributed by atoms with Gasteiger partial charge in [0.2, 0.25) is 21.9 Å². The third-order valence-electron chi connectivity index (χ3n) is 11.5. The maximum atomic E-state index is 13.8. The molecule has 3 saturated heterocycles. The fourth-order valence-electron chi connectivity index (χ4n) is 8.38. The van der Waals surface area contributed by atoms with E-state index in [1.54, 1.807) is 24.3 Å². The number of halogens is 9. The molecule has 3 aliphatic heterocycles. The van der Waals surface area contributed by atoms with Crippen LogP contribution in [0.2, 0.25) is 0 Å². The van der Waals surface area contributed by atoms with Gasteiger partial charge in [0, 0.05) is 62.0 Å². The molecule has 15 nitrogen and oxygen atoms in total. The highest BCUT2D eigenvalue weighted by Crippen LogP contribution is 2.38. The number of hydrogen-bond acceptors (Lipinski definition) is 10. The molecule has 348 valence electrons. The number of piperidine rings is 2. The number of anilines is 2. The van der Waals surface area contributed by atoms with Gasteiger partial charge >= 0.3 is 24.6 Å². The second-order valence-corrected chi connectivity index (χ2v) is 18.1. The summed E-state index contributed by atoms with van der Waals surface area (Å²) in [5, 5.41) is 13.1. The van der Waals surface area contributed by atoms with E-state index in [1.165, 1.54) is 10.4 Å². The van der Waals surface area contributed by atoms with Crippen LogP contribution in [-0.2, 0) is 40.6 Å². The molecule has 2 N–H and O–H groups in total. The molecule has 0 aliphatic carbocycles. The van der Waals surface area contributed by atoms with Gasteiger partial charge in [0.25, 0.3) is 0 Å². The quantitative estimate of drug-likeness (QED) is 0.133. The van der Waals surface area contributed by atoms with Crippen molar-refractivity contribution in [2.45, 2.75) is 87.1 Å². The Balaban J connectivity index is 0.881. The number of alkyl halides is 9. The van der Waals surface area contributed by atoms with Gasteiger partial charge in [-0.05, 0) is 80.1 Å². The number of carbonyl (C=O) groups excluding carboxylic acids is 2. The highest BCUT2D eigenvalue weighted by Gasteiger charge is 2.38. The van der Waals surface area contributed by atoms with Gasteiger partial charge in [0.05, 0.1) is 22.3 Å². The summed E-state index contributed by atoms with van der Waals surface area (Å²) in [4.78, 5) is 35.4. The third kappa shape index (κ3) is 10.5. The molecule has 0 spiro atoms. The number of sulfonamides is 1. The number of carbonyl (C=O) groups is 2. The SMILES string of the molecule is O=C1CCN(c2nn(CC(F)(F)F)c3cc(C4CCN(Cc5cccc(S(=O)(=O)N6CCC(Nc7ncc(C(F)(F)F)c(-c8cnn(CC(F)(F)F)c8)n7)CC6)c5)CC4)ccc23)C(=O)N1. The van der Waals surface area contributed by atoms with E-state index < -0.39 is 70.9 Å². The van der Waals surface area contributed by atoms with Crippen molar-refractivity contribution in [3.8, 4) is 11.3 Å². The van der Waals surface area contributed by atoms with E-state index in [2.05, 4.69) is 35.7 Å². The third-order valence-corrected chi connectivity index (χ3v) is 13.4. The molecule has 3 amide bonds. The van der Waals surface area contributed by atoms with Crippen molar-refractivity contribution in [3.63, 3.8) is 0 Å². The van der Waals surface area contributed by atoms with Crippen molar-refractivity contribution < 1.29 is 57.5 Å². The zero-order valence-corrected chi connectivity index (χ0v) is 34.9. The van der Waals surface area contributed by atoms with Gasteiger partial charge in [-0.3, -0.25) is 29.3 Å². The van der Waals surface area contributed by atoms with Gasteiger partial charge in [-0.1, -0.05) is 18.2 Å². The zero-order valence-electron chi connectivity index (χ0n) is 34.1. The van der Waals surface area contributed by atoms with Crippen LogP contribution in [0.1, 0.15) is 54.7 Å². The smallest absolute Gasteiger partial charge is 0.351 e. The molecule has 65 heavy (non-hydrogen) atoms. The summed E-state index contributed by atoms with van der Waals surface area (Å²) in [5.74, 6) is -0.674. The Kier molecular flexibility index (Phi) is 12.3. The van der Waals surface area contributed by atoms with Crippen molar-refractivity contribution in [3.05, 3.63) is 77.7 Å². The van der Waals surface area contributed by atoms with E-state index in [9.17, 15) is 57.5 Å². The van der Waals surface area contributed by atoms with E-state index in [0.717, 1.165) is 33.1 Å². The zero-order chi connectivity index (χ0) is 46.5. The van der Waals surface area contributed by atoms with E-state index >= 15 is 0 Å². The maximum absolute atomic E-state index is 13.8. The normalized spacial score (nSPS) is 18.1. The van der Waals surface area contributed by atoms with Gasteiger partial charge < -0.3 is 5.32 Å². The summed E-state index contributed by atoms with van der Waals surface area (Å²) in [7, 11) is -3.96. The second-order valence-electron chi connectivity index (χ2n) is 16.1. The summed E-state index contributed by atoms with van der Waals surface area (Å²) < 4.78 is 151. The molecule has 2 aromatic carbocycles. The number of nitrogens with one attached hydrogen (secondary N) is 2. The molecule has 0 radical (unpaired) electrons. The van der Waals surface area contributed by atoms with E-state index in [1.807, 2.05) is 12.1 Å². The Hall–Kier alpha value is -5.82. The summed E-state index contributed by atoms with van der Waals surface area (Å²) in [6.45, 7) is -1.12. The molecular formula is C40H40F9N11O4S. The van der Waals surface area contributed by atoms with Crippen LogP contribution in [0.5, 0.6) is 0 Å². The number of amides is 3. The average Bonchev–Trinajstić information content (AvgIpc) is 3.83. The Morgan fingerprint density at radius 2 is 1.55 bits per heavy atom. The number of hydrogen-bond donors (Lipinski definition) is 2. The van der Waals surface area contributed by atoms with Crippen LogP contribution >= 0.6 is 0 Å². The molecule has 3 aromatic heterocycles. The minimum atomic E-state index is -4.92. The number of nitrogens with zero attached hydrogens (tertiary/aromatic N) is 9. The average molecular weight is 942 g/mol. The first-order valence-electron chi connectivity index (χ1n) is 20.4. The van der Waals surface area contributed by atoms with Crippen LogP contribution in [0.15, 0.2) is 66.0 Å². The van der Waals surface area contributed by atoms with Gasteiger partial charge in [-0.15, -0.1) is 0 Å². The Labute approximate surface area is 364 Å². The standard InChI is InChI=1S/C40H40F9N11O4S/c41-38(42,43)22-57-21-27(18-51-57)34-31(40(47,48)49)19-50-36(54-34)52-28-8-13-58(14-9-28)65(63,64)29-3-1-2-24(16-29)20-56-11-6-25(7-12-56)26-4-5-30-32(17-26)60(23-39(44,45)46)55-35(30)59-15-10-33(61)53-37(59)62/h1-5,16-19,21,25,28H,6-15,20,22-23H2,(H,50,52,54)(H,53,61,62). The van der Waals surface area contributed by atoms with Gasteiger partial charge in [0.1, 0.15) is 18.7 Å². The topological polar surface area (TPSA) is 163 Å². The second kappa shape index (κ2) is 17.5. The van der Waals surface area contributed by atoms with Gasteiger partial charge in [0.15, 0.2) is 5.82 Å². The number of fused-ring (bicyclic) bond motifs is 1. The number of aromatic nitrogens is 6. The lowest BCUT2D eigenvalue weighted by Gasteiger charge is -2.33. The first-order chi connectivity index (χ1) is 30.6. The molecule has 0 atom stereocenters. The predicted molar refractivity (Wildman–Crippen MR) is 215 cm³/mol. The first-order valence-corrected chi connectivity index (χ1v) is 21.8. The fourth-order valence-corrected chi connectivity index (χ4v) is 9.92. The van der Waals surface area contributed by atoms with Gasteiger partial charge in [-0.2, -0.15) is 54.0 Å². The molecule has 5 aromatic rings. The Morgan fingerprint density at radius 1 is 0.831 bits per heavy atom. The van der Waals surface area contributed by atoms with E-state index in [0.29, 0.717) is 48.7 Å². The predicted octanol–water partition coefficient (Wildman–Crippen LogP) is 6.92. The monoisotopic (exact) mass is 941 g/mol. The summed E-state index contributed by atoms with van der Waals surface area (Å²) in [6, 6.07) is 10.5. The minimum absolute atomic E-state index is 0.00187. The van der Waals surface area contributed by atoms with Crippen molar-refractivity contribution in [2.75, 3.05) is 42.9 Å². The van der Waals surface area contributed by atoms with Crippen LogP contribution in [0.25, 0.3) is 22.2 Å². The van der Waals surface area contributed by atoms with Gasteiger partial charge in [-0.25, -0.2) is 23.2 Å². The lowest BCUT2D eigenvalue weighted by Crippen LogP contribution is -2.49. The largest absolute Gasteiger partial charge is 0.419 e. The minimum Gasteiger partial charge on any atom is -0.351 e. The molecular weight excluding hydrogens is 902 g/mol. The molecule has 25 heteroatoms. The summed E-state index contributed by atoms with van der Waals surface area (Å²) >= 11 is 0. The number of rotatable bonds is 11. The van der Waals surface area contributed by atoms with Crippen LogP contribution < -0.4 is 15.5 Å². The highest BCUT2D eigenvalue weighted by molar-refractivity contribution is 7.89. The summed E-state index contributed by atoms with van der Waals surface area (Å²) in [6.07, 6.45) is -10.2. The van der Waals surface area contributed by atoms with Crippen molar-refractivity contribution >= 4 is 44.6 Å². The van der Waals surface area contributed by atoms with Crippen molar-refractivity contribution in [1.82, 2.24) is 44.1 Å². The van der Waals surface area contributed by atoms with Crippen LogP contribution in [-0.4, -0.2) is 110 Å². The van der Waals surface area contributed by atoms with Crippen LogP contribution in [0.4, 0.5) is 56.1 Å². The number of likely N-dealkylation sites (tertiary alicyclic amines) is 1. The maximum Gasteiger partial charge on any atom is 0.419 e. The number of benzene rings is 2. The molecule has 3 aliphatic rings.